The molecule has 0 bridgehead atoms. The molecule has 0 spiro atoms. The van der Waals surface area contributed by atoms with Crippen molar-refractivity contribution in [1.29, 1.82) is 0 Å². The molecule has 3 heterocycles. The standard InChI is InChI=1S/C20H24N4O2/c1-13-12-23(10-11-26-13)19(25)9-8-16-14(2)21-20-17-6-4-5-7-18(17)22-24(20)15(16)3/h4-7,13H,8-12H2,1-3H3/t13-/m1/s1. The largest absolute Gasteiger partial charge is 0.375 e. The van der Waals surface area contributed by atoms with Gasteiger partial charge in [-0.2, -0.15) is 5.10 Å². The summed E-state index contributed by atoms with van der Waals surface area (Å²) in [6.07, 6.45) is 1.29. The summed E-state index contributed by atoms with van der Waals surface area (Å²) < 4.78 is 7.43. The van der Waals surface area contributed by atoms with E-state index in [1.165, 1.54) is 0 Å². The van der Waals surface area contributed by atoms with Gasteiger partial charge in [0.1, 0.15) is 0 Å². The average Bonchev–Trinajstić information content (AvgIpc) is 3.00. The minimum absolute atomic E-state index is 0.116. The van der Waals surface area contributed by atoms with E-state index in [1.807, 2.05) is 47.5 Å². The van der Waals surface area contributed by atoms with Gasteiger partial charge in [-0.25, -0.2) is 9.50 Å². The fourth-order valence-electron chi connectivity index (χ4n) is 3.77. The Labute approximate surface area is 152 Å². The number of hydrogen-bond donors (Lipinski definition) is 0. The first-order valence-electron chi connectivity index (χ1n) is 9.17. The lowest BCUT2D eigenvalue weighted by atomic mass is 10.1. The van der Waals surface area contributed by atoms with Crippen LogP contribution in [0.5, 0.6) is 0 Å². The summed E-state index contributed by atoms with van der Waals surface area (Å²) in [5, 5.41) is 5.74. The number of benzene rings is 1. The summed E-state index contributed by atoms with van der Waals surface area (Å²) in [5.41, 5.74) is 4.97. The Morgan fingerprint density at radius 1 is 1.31 bits per heavy atom. The lowest BCUT2D eigenvalue weighted by molar-refractivity contribution is -0.138. The molecule has 6 heteroatoms. The number of fused-ring (bicyclic) bond motifs is 3. The highest BCUT2D eigenvalue weighted by Crippen LogP contribution is 2.23. The van der Waals surface area contributed by atoms with Crippen molar-refractivity contribution >= 4 is 22.5 Å². The Bertz CT molecular complexity index is 979. The number of carbonyl (C=O) groups excluding carboxylic acids is 1. The van der Waals surface area contributed by atoms with Crippen LogP contribution >= 0.6 is 0 Å². The summed E-state index contributed by atoms with van der Waals surface area (Å²) in [6.45, 7) is 8.07. The molecule has 4 rings (SSSR count). The van der Waals surface area contributed by atoms with Crippen molar-refractivity contribution < 1.29 is 9.53 Å². The summed E-state index contributed by atoms with van der Waals surface area (Å²) in [7, 11) is 0. The van der Waals surface area contributed by atoms with Gasteiger partial charge in [0.05, 0.1) is 18.2 Å². The highest BCUT2D eigenvalue weighted by molar-refractivity contribution is 5.92. The summed E-state index contributed by atoms with van der Waals surface area (Å²) in [6, 6.07) is 8.04. The first-order valence-corrected chi connectivity index (χ1v) is 9.17. The molecule has 3 aromatic rings. The molecule has 0 N–H and O–H groups in total. The molecule has 26 heavy (non-hydrogen) atoms. The zero-order chi connectivity index (χ0) is 18.3. The number of hydrogen-bond acceptors (Lipinski definition) is 4. The van der Waals surface area contributed by atoms with E-state index >= 15 is 0 Å². The molecule has 0 saturated carbocycles. The van der Waals surface area contributed by atoms with E-state index < -0.39 is 0 Å². The normalized spacial score (nSPS) is 18.0. The Kier molecular flexibility index (Phi) is 4.36. The van der Waals surface area contributed by atoms with Gasteiger partial charge in [-0.1, -0.05) is 12.1 Å². The topological polar surface area (TPSA) is 59.7 Å². The number of ether oxygens (including phenoxy) is 1. The van der Waals surface area contributed by atoms with E-state index in [1.54, 1.807) is 0 Å². The second kappa shape index (κ2) is 6.68. The van der Waals surface area contributed by atoms with Crippen molar-refractivity contribution in [2.45, 2.75) is 39.7 Å². The van der Waals surface area contributed by atoms with Gasteiger partial charge in [-0.15, -0.1) is 0 Å². The van der Waals surface area contributed by atoms with Crippen LogP contribution < -0.4 is 0 Å². The lowest BCUT2D eigenvalue weighted by Crippen LogP contribution is -2.44. The maximum absolute atomic E-state index is 12.6. The average molecular weight is 352 g/mol. The van der Waals surface area contributed by atoms with Crippen LogP contribution in [0.2, 0.25) is 0 Å². The SMILES string of the molecule is Cc1nc2c3ccccc3nn2c(C)c1CCC(=O)N1CCO[C@H](C)C1. The number of carbonyl (C=O) groups is 1. The first kappa shape index (κ1) is 17.0. The number of amides is 1. The molecule has 1 aliphatic rings. The van der Waals surface area contributed by atoms with Gasteiger partial charge in [-0.3, -0.25) is 4.79 Å². The third-order valence-electron chi connectivity index (χ3n) is 5.20. The molecule has 6 nitrogen and oxygen atoms in total. The zero-order valence-electron chi connectivity index (χ0n) is 15.5. The number of aryl methyl sites for hydroxylation is 2. The molecule has 0 radical (unpaired) electrons. The maximum atomic E-state index is 12.6. The third-order valence-corrected chi connectivity index (χ3v) is 5.20. The summed E-state index contributed by atoms with van der Waals surface area (Å²) in [5.74, 6) is 0.185. The number of nitrogens with zero attached hydrogens (tertiary/aromatic N) is 4. The molecular weight excluding hydrogens is 328 g/mol. The minimum Gasteiger partial charge on any atom is -0.375 e. The fourth-order valence-corrected chi connectivity index (χ4v) is 3.77. The molecule has 1 aromatic carbocycles. The molecule has 1 amide bonds. The van der Waals surface area contributed by atoms with Gasteiger partial charge in [-0.05, 0) is 44.9 Å². The van der Waals surface area contributed by atoms with Crippen molar-refractivity contribution in [3.63, 3.8) is 0 Å². The van der Waals surface area contributed by atoms with Gasteiger partial charge < -0.3 is 9.64 Å². The minimum atomic E-state index is 0.116. The zero-order valence-corrected chi connectivity index (χ0v) is 15.5. The third kappa shape index (κ3) is 2.94. The number of morpholine rings is 1. The highest BCUT2D eigenvalue weighted by Gasteiger charge is 2.22. The van der Waals surface area contributed by atoms with Gasteiger partial charge in [0.15, 0.2) is 5.65 Å². The lowest BCUT2D eigenvalue weighted by Gasteiger charge is -2.31. The van der Waals surface area contributed by atoms with Crippen LogP contribution in [-0.4, -0.2) is 51.2 Å². The maximum Gasteiger partial charge on any atom is 0.223 e. The quantitative estimate of drug-likeness (QED) is 0.727. The monoisotopic (exact) mass is 352 g/mol. The summed E-state index contributed by atoms with van der Waals surface area (Å²) >= 11 is 0. The Morgan fingerprint density at radius 3 is 2.92 bits per heavy atom. The van der Waals surface area contributed by atoms with Crippen LogP contribution in [0, 0.1) is 13.8 Å². The van der Waals surface area contributed by atoms with E-state index in [0.717, 1.165) is 33.5 Å². The van der Waals surface area contributed by atoms with Crippen molar-refractivity contribution in [1.82, 2.24) is 19.5 Å². The van der Waals surface area contributed by atoms with E-state index in [9.17, 15) is 4.79 Å². The molecule has 0 unspecified atom stereocenters. The van der Waals surface area contributed by atoms with E-state index in [-0.39, 0.29) is 12.0 Å². The molecule has 2 aromatic heterocycles. The van der Waals surface area contributed by atoms with Crippen LogP contribution in [0.3, 0.4) is 0 Å². The van der Waals surface area contributed by atoms with Crippen LogP contribution in [0.4, 0.5) is 0 Å². The van der Waals surface area contributed by atoms with Crippen LogP contribution in [0.15, 0.2) is 24.3 Å². The van der Waals surface area contributed by atoms with Crippen molar-refractivity contribution in [3.8, 4) is 0 Å². The highest BCUT2D eigenvalue weighted by atomic mass is 16.5. The Morgan fingerprint density at radius 2 is 2.12 bits per heavy atom. The number of rotatable bonds is 3. The van der Waals surface area contributed by atoms with Gasteiger partial charge in [0, 0.05) is 36.3 Å². The van der Waals surface area contributed by atoms with Gasteiger partial charge in [0.25, 0.3) is 0 Å². The van der Waals surface area contributed by atoms with Crippen LogP contribution in [0.25, 0.3) is 16.6 Å². The Balaban J connectivity index is 1.60. The molecule has 1 aliphatic heterocycles. The molecule has 0 aliphatic carbocycles. The van der Waals surface area contributed by atoms with Crippen molar-refractivity contribution in [3.05, 3.63) is 41.2 Å². The first-order chi connectivity index (χ1) is 12.5. The Hall–Kier alpha value is -2.47. The van der Waals surface area contributed by atoms with Crippen LogP contribution in [0.1, 0.15) is 30.3 Å². The molecule has 1 fully saturated rings. The summed E-state index contributed by atoms with van der Waals surface area (Å²) in [4.78, 5) is 19.3. The van der Waals surface area contributed by atoms with E-state index in [2.05, 4.69) is 12.0 Å². The van der Waals surface area contributed by atoms with Gasteiger partial charge >= 0.3 is 0 Å². The van der Waals surface area contributed by atoms with E-state index in [4.69, 9.17) is 9.72 Å². The van der Waals surface area contributed by atoms with Crippen molar-refractivity contribution in [2.75, 3.05) is 19.7 Å². The van der Waals surface area contributed by atoms with Crippen LogP contribution in [-0.2, 0) is 16.0 Å². The smallest absolute Gasteiger partial charge is 0.223 e. The predicted molar refractivity (Wildman–Crippen MR) is 100 cm³/mol. The number of aromatic nitrogens is 3. The van der Waals surface area contributed by atoms with E-state index in [0.29, 0.717) is 32.5 Å². The fraction of sp³-hybridized carbons (Fsp3) is 0.450. The molecule has 1 atom stereocenters. The predicted octanol–water partition coefficient (Wildman–Crippen LogP) is 2.68. The second-order valence-electron chi connectivity index (χ2n) is 7.03. The molecule has 1 saturated heterocycles. The second-order valence-corrected chi connectivity index (χ2v) is 7.03. The molecule has 136 valence electrons. The molecular formula is C20H24N4O2. The van der Waals surface area contributed by atoms with Gasteiger partial charge in [0.2, 0.25) is 5.91 Å². The van der Waals surface area contributed by atoms with Crippen molar-refractivity contribution in [2.24, 2.45) is 0 Å².